The number of fused-ring (bicyclic) bond motifs is 1. The normalized spacial score (nSPS) is 13.1. The van der Waals surface area contributed by atoms with Gasteiger partial charge in [-0.25, -0.2) is 0 Å². The Morgan fingerprint density at radius 3 is 3.00 bits per heavy atom. The molecule has 0 spiro atoms. The maximum Gasteiger partial charge on any atom is 0.0653 e. The lowest BCUT2D eigenvalue weighted by atomic mass is 9.95. The highest BCUT2D eigenvalue weighted by atomic mass is 15.1. The van der Waals surface area contributed by atoms with Crippen molar-refractivity contribution in [2.24, 2.45) is 0 Å². The summed E-state index contributed by atoms with van der Waals surface area (Å²) in [6.07, 6.45) is 3.08. The number of nitrogens with one attached hydrogen (secondary N) is 2. The van der Waals surface area contributed by atoms with Gasteiger partial charge in [0.1, 0.15) is 0 Å². The predicted octanol–water partition coefficient (Wildman–Crippen LogP) is 2.97. The van der Waals surface area contributed by atoms with Crippen molar-refractivity contribution in [3.63, 3.8) is 0 Å². The average molecular weight is 231 g/mol. The smallest absolute Gasteiger partial charge is 0.0653 e. The maximum absolute atomic E-state index is 4.08. The quantitative estimate of drug-likeness (QED) is 0.777. The van der Waals surface area contributed by atoms with Crippen molar-refractivity contribution >= 4 is 10.9 Å². The molecule has 0 unspecified atom stereocenters. The molecule has 1 atom stereocenters. The predicted molar refractivity (Wildman–Crippen MR) is 72.4 cm³/mol. The van der Waals surface area contributed by atoms with E-state index in [0.717, 1.165) is 18.6 Å². The molecule has 92 valence electrons. The van der Waals surface area contributed by atoms with Gasteiger partial charge in [0.25, 0.3) is 0 Å². The zero-order valence-corrected chi connectivity index (χ0v) is 10.9. The van der Waals surface area contributed by atoms with E-state index in [1.165, 1.54) is 22.9 Å². The maximum atomic E-state index is 4.08. The summed E-state index contributed by atoms with van der Waals surface area (Å²) in [6, 6.07) is 4.44. The second-order valence-electron chi connectivity index (χ2n) is 4.77. The van der Waals surface area contributed by atoms with Gasteiger partial charge in [0.2, 0.25) is 0 Å². The number of hydrogen-bond acceptors (Lipinski definition) is 2. The van der Waals surface area contributed by atoms with Crippen molar-refractivity contribution in [1.29, 1.82) is 0 Å². The third kappa shape index (κ3) is 2.67. The number of hydrogen-bond donors (Lipinski definition) is 2. The van der Waals surface area contributed by atoms with Crippen LogP contribution >= 0.6 is 0 Å². The number of nitrogens with zero attached hydrogens (tertiary/aromatic N) is 1. The van der Waals surface area contributed by atoms with E-state index in [0.29, 0.717) is 5.92 Å². The highest BCUT2D eigenvalue weighted by Crippen LogP contribution is 2.24. The van der Waals surface area contributed by atoms with Crippen LogP contribution in [0.5, 0.6) is 0 Å². The van der Waals surface area contributed by atoms with Gasteiger partial charge in [-0.2, -0.15) is 5.10 Å². The lowest BCUT2D eigenvalue weighted by Gasteiger charge is -2.15. The largest absolute Gasteiger partial charge is 0.316 e. The molecule has 2 aromatic rings. The molecule has 2 rings (SSSR count). The monoisotopic (exact) mass is 231 g/mol. The van der Waals surface area contributed by atoms with Crippen LogP contribution in [0.4, 0.5) is 0 Å². The van der Waals surface area contributed by atoms with Crippen LogP contribution in [0.15, 0.2) is 18.3 Å². The summed E-state index contributed by atoms with van der Waals surface area (Å²) in [4.78, 5) is 0. The molecule has 0 amide bonds. The number of aryl methyl sites for hydroxylation is 1. The summed E-state index contributed by atoms with van der Waals surface area (Å²) in [5.74, 6) is 0.542. The van der Waals surface area contributed by atoms with Crippen LogP contribution in [0.25, 0.3) is 10.9 Å². The summed E-state index contributed by atoms with van der Waals surface area (Å²) in [6.45, 7) is 8.78. The minimum absolute atomic E-state index is 0.542. The SMILES string of the molecule is CCCNC[C@H](C)c1cc2cn[nH]c2cc1C. The van der Waals surface area contributed by atoms with Gasteiger partial charge in [-0.1, -0.05) is 13.8 Å². The van der Waals surface area contributed by atoms with Crippen molar-refractivity contribution in [2.75, 3.05) is 13.1 Å². The molecular formula is C14H21N3. The zero-order chi connectivity index (χ0) is 12.3. The highest BCUT2D eigenvalue weighted by Gasteiger charge is 2.10. The molecule has 0 radical (unpaired) electrons. The van der Waals surface area contributed by atoms with Gasteiger partial charge in [0.05, 0.1) is 11.7 Å². The minimum Gasteiger partial charge on any atom is -0.316 e. The van der Waals surface area contributed by atoms with Crippen LogP contribution < -0.4 is 5.32 Å². The Kier molecular flexibility index (Phi) is 3.79. The van der Waals surface area contributed by atoms with Crippen molar-refractivity contribution < 1.29 is 0 Å². The highest BCUT2D eigenvalue weighted by molar-refractivity contribution is 5.79. The molecule has 17 heavy (non-hydrogen) atoms. The number of H-pyrrole nitrogens is 1. The fourth-order valence-electron chi connectivity index (χ4n) is 2.25. The third-order valence-corrected chi connectivity index (χ3v) is 3.24. The number of aromatic nitrogens is 2. The van der Waals surface area contributed by atoms with E-state index >= 15 is 0 Å². The van der Waals surface area contributed by atoms with Crippen molar-refractivity contribution in [2.45, 2.75) is 33.1 Å². The minimum atomic E-state index is 0.542. The molecule has 1 heterocycles. The molecule has 0 aliphatic heterocycles. The molecule has 0 aliphatic carbocycles. The third-order valence-electron chi connectivity index (χ3n) is 3.24. The van der Waals surface area contributed by atoms with Gasteiger partial charge in [0, 0.05) is 11.9 Å². The Bertz CT molecular complexity index is 487. The topological polar surface area (TPSA) is 40.7 Å². The Labute approximate surface area is 103 Å². The Morgan fingerprint density at radius 2 is 2.24 bits per heavy atom. The summed E-state index contributed by atoms with van der Waals surface area (Å²) < 4.78 is 0. The second-order valence-corrected chi connectivity index (χ2v) is 4.77. The standard InChI is InChI=1S/C14H21N3/c1-4-5-15-8-11(3)13-7-12-9-16-17-14(12)6-10(13)2/h6-7,9,11,15H,4-5,8H2,1-3H3,(H,16,17)/t11-/m0/s1. The van der Waals surface area contributed by atoms with Crippen LogP contribution in [0.3, 0.4) is 0 Å². The summed E-state index contributed by atoms with van der Waals surface area (Å²) in [5.41, 5.74) is 3.88. The van der Waals surface area contributed by atoms with E-state index in [2.05, 4.69) is 48.4 Å². The average Bonchev–Trinajstić information content (AvgIpc) is 2.75. The summed E-state index contributed by atoms with van der Waals surface area (Å²) in [7, 11) is 0. The van der Waals surface area contributed by atoms with Crippen molar-refractivity contribution in [1.82, 2.24) is 15.5 Å². The molecule has 1 aromatic heterocycles. The van der Waals surface area contributed by atoms with E-state index in [9.17, 15) is 0 Å². The van der Waals surface area contributed by atoms with E-state index < -0.39 is 0 Å². The second kappa shape index (κ2) is 5.32. The Morgan fingerprint density at radius 1 is 1.41 bits per heavy atom. The first kappa shape index (κ1) is 12.1. The van der Waals surface area contributed by atoms with Crippen LogP contribution in [0, 0.1) is 6.92 Å². The molecule has 0 saturated heterocycles. The number of rotatable bonds is 5. The van der Waals surface area contributed by atoms with Crippen molar-refractivity contribution in [3.8, 4) is 0 Å². The lowest BCUT2D eigenvalue weighted by molar-refractivity contribution is 0.608. The van der Waals surface area contributed by atoms with Gasteiger partial charge in [-0.05, 0) is 49.1 Å². The van der Waals surface area contributed by atoms with Gasteiger partial charge in [0.15, 0.2) is 0 Å². The van der Waals surface area contributed by atoms with Gasteiger partial charge < -0.3 is 5.32 Å². The van der Waals surface area contributed by atoms with Gasteiger partial charge in [-0.15, -0.1) is 0 Å². The number of benzene rings is 1. The number of aromatic amines is 1. The van der Waals surface area contributed by atoms with Crippen LogP contribution in [0.2, 0.25) is 0 Å². The summed E-state index contributed by atoms with van der Waals surface area (Å²) in [5, 5.41) is 11.8. The first-order valence-corrected chi connectivity index (χ1v) is 6.36. The van der Waals surface area contributed by atoms with Crippen LogP contribution in [-0.2, 0) is 0 Å². The fraction of sp³-hybridized carbons (Fsp3) is 0.500. The van der Waals surface area contributed by atoms with Gasteiger partial charge >= 0.3 is 0 Å². The molecule has 0 bridgehead atoms. The molecule has 0 fully saturated rings. The molecular weight excluding hydrogens is 210 g/mol. The Balaban J connectivity index is 2.18. The zero-order valence-electron chi connectivity index (χ0n) is 10.9. The van der Waals surface area contributed by atoms with Crippen molar-refractivity contribution in [3.05, 3.63) is 29.5 Å². The molecule has 3 nitrogen and oxygen atoms in total. The molecule has 1 aromatic carbocycles. The Hall–Kier alpha value is -1.35. The van der Waals surface area contributed by atoms with E-state index in [1.807, 2.05) is 6.20 Å². The first-order valence-electron chi connectivity index (χ1n) is 6.36. The molecule has 0 aliphatic rings. The molecule has 0 saturated carbocycles. The van der Waals surface area contributed by atoms with E-state index in [1.54, 1.807) is 0 Å². The van der Waals surface area contributed by atoms with E-state index in [-0.39, 0.29) is 0 Å². The fourth-order valence-corrected chi connectivity index (χ4v) is 2.25. The van der Waals surface area contributed by atoms with E-state index in [4.69, 9.17) is 0 Å². The first-order chi connectivity index (χ1) is 8.22. The van der Waals surface area contributed by atoms with Crippen LogP contribution in [-0.4, -0.2) is 23.3 Å². The van der Waals surface area contributed by atoms with Gasteiger partial charge in [-0.3, -0.25) is 5.10 Å². The van der Waals surface area contributed by atoms with Crippen LogP contribution in [0.1, 0.15) is 37.3 Å². The molecule has 3 heteroatoms. The molecule has 2 N–H and O–H groups in total. The lowest BCUT2D eigenvalue weighted by Crippen LogP contribution is -2.21. The summed E-state index contributed by atoms with van der Waals surface area (Å²) >= 11 is 0.